The maximum absolute atomic E-state index is 11.7. The zero-order valence-corrected chi connectivity index (χ0v) is 29.5. The third-order valence-electron chi connectivity index (χ3n) is 10.4. The van der Waals surface area contributed by atoms with Gasteiger partial charge in [0.15, 0.2) is 16.8 Å². The smallest absolute Gasteiger partial charge is 0.182 e. The molecule has 1 aliphatic carbocycles. The van der Waals surface area contributed by atoms with Gasteiger partial charge in [0, 0.05) is 40.5 Å². The van der Waals surface area contributed by atoms with Crippen LogP contribution >= 0.6 is 0 Å². The molecular weight excluding hydrogens is 671 g/mol. The number of hydrogen-bond donors (Lipinski definition) is 3. The van der Waals surface area contributed by atoms with E-state index < -0.39 is 0 Å². The summed E-state index contributed by atoms with van der Waals surface area (Å²) in [6.45, 7) is 4.26. The molecule has 260 valence electrons. The summed E-state index contributed by atoms with van der Waals surface area (Å²) in [5, 5.41) is 40.0. The fraction of sp³-hybridized carbons (Fsp3) is 0.0417. The summed E-state index contributed by atoms with van der Waals surface area (Å²) in [6, 6.07) is 45.7. The maximum Gasteiger partial charge on any atom is 0.182 e. The van der Waals surface area contributed by atoms with Crippen LogP contribution in [0.3, 0.4) is 0 Å². The first-order chi connectivity index (χ1) is 26.3. The minimum Gasteiger partial charge on any atom is -0.508 e. The highest BCUT2D eigenvalue weighted by molar-refractivity contribution is 6.17. The highest BCUT2D eigenvalue weighted by atomic mass is 16.3. The van der Waals surface area contributed by atoms with Crippen LogP contribution in [-0.2, 0) is 0 Å². The van der Waals surface area contributed by atoms with Crippen molar-refractivity contribution in [3.63, 3.8) is 0 Å². The van der Waals surface area contributed by atoms with Crippen molar-refractivity contribution in [2.75, 3.05) is 0 Å². The maximum atomic E-state index is 11.7. The number of aryl methyl sites for hydroxylation is 2. The molecule has 0 amide bonds. The van der Waals surface area contributed by atoms with Gasteiger partial charge in [0.25, 0.3) is 0 Å². The summed E-state index contributed by atoms with van der Waals surface area (Å²) in [5.41, 5.74) is 7.34. The van der Waals surface area contributed by atoms with Crippen molar-refractivity contribution in [2.24, 2.45) is 0 Å². The van der Waals surface area contributed by atoms with E-state index in [0.29, 0.717) is 28.1 Å². The standard InChI is InChI=1S/C27H17NO3.C21H16O2/c1-15-17-6-2-4-8-19(17)27(20-9-5-3-7-18(15)20)21-13-23-26(14-24(21)30)31-25-12-16(29)10-11-22(25)28-23;1-13-15-6-2-4-8-17(15)21(18-9-5-3-7-16(13)18)19-11-10-14(22)12-20(19)23/h2-14,30H,1H3;2-12,22-23H,1H3. The monoisotopic (exact) mass is 703 g/mol. The summed E-state index contributed by atoms with van der Waals surface area (Å²) >= 11 is 0. The number of aromatic hydroxyl groups is 3. The zero-order valence-electron chi connectivity index (χ0n) is 29.5. The van der Waals surface area contributed by atoms with Gasteiger partial charge in [0.2, 0.25) is 0 Å². The molecular formula is C48H33NO5. The van der Waals surface area contributed by atoms with E-state index in [0.717, 1.165) is 49.0 Å². The summed E-state index contributed by atoms with van der Waals surface area (Å²) in [6.07, 6.45) is 0. The van der Waals surface area contributed by atoms with Gasteiger partial charge < -0.3 is 19.7 Å². The quantitative estimate of drug-likeness (QED) is 0.155. The van der Waals surface area contributed by atoms with Crippen LogP contribution in [0.1, 0.15) is 11.1 Å². The zero-order chi connectivity index (χ0) is 37.1. The number of phenols is 3. The van der Waals surface area contributed by atoms with Crippen molar-refractivity contribution in [3.05, 3.63) is 167 Å². The highest BCUT2D eigenvalue weighted by Crippen LogP contribution is 2.45. The van der Waals surface area contributed by atoms with Crippen molar-refractivity contribution in [1.82, 2.24) is 4.98 Å². The van der Waals surface area contributed by atoms with Crippen LogP contribution in [0.25, 0.3) is 87.9 Å². The fourth-order valence-corrected chi connectivity index (χ4v) is 7.85. The largest absolute Gasteiger partial charge is 0.508 e. The van der Waals surface area contributed by atoms with Gasteiger partial charge in [0.05, 0.1) is 0 Å². The van der Waals surface area contributed by atoms with Crippen molar-refractivity contribution in [2.45, 2.75) is 13.8 Å². The normalized spacial score (nSPS) is 11.4. The molecule has 0 saturated carbocycles. The Kier molecular flexibility index (Phi) is 7.75. The van der Waals surface area contributed by atoms with Gasteiger partial charge in [-0.15, -0.1) is 0 Å². The van der Waals surface area contributed by atoms with Gasteiger partial charge in [-0.3, -0.25) is 4.79 Å². The predicted octanol–water partition coefficient (Wildman–Crippen LogP) is 11.7. The Bertz CT molecular complexity index is 3030. The number of benzene rings is 9. The second kappa shape index (κ2) is 12.8. The molecule has 6 heteroatoms. The number of nitrogens with zero attached hydrogens (tertiary/aromatic N) is 1. The van der Waals surface area contributed by atoms with Crippen LogP contribution < -0.4 is 5.43 Å². The lowest BCUT2D eigenvalue weighted by molar-refractivity contribution is 0.452. The first kappa shape index (κ1) is 32.7. The Morgan fingerprint density at radius 3 is 1.44 bits per heavy atom. The molecule has 0 fully saturated rings. The Hall–Kier alpha value is -7.18. The molecule has 0 atom stereocenters. The Labute approximate surface area is 309 Å². The molecule has 10 rings (SSSR count). The van der Waals surface area contributed by atoms with E-state index in [9.17, 15) is 20.1 Å². The van der Waals surface area contributed by atoms with Crippen LogP contribution in [0.4, 0.5) is 0 Å². The lowest BCUT2D eigenvalue weighted by atomic mass is 9.88. The molecule has 0 unspecified atom stereocenters. The highest BCUT2D eigenvalue weighted by Gasteiger charge is 2.19. The van der Waals surface area contributed by atoms with Gasteiger partial charge in [-0.25, -0.2) is 4.98 Å². The average molecular weight is 704 g/mol. The van der Waals surface area contributed by atoms with E-state index in [2.05, 4.69) is 67.4 Å². The predicted molar refractivity (Wildman–Crippen MR) is 219 cm³/mol. The molecule has 6 nitrogen and oxygen atoms in total. The summed E-state index contributed by atoms with van der Waals surface area (Å²) < 4.78 is 5.87. The first-order valence-corrected chi connectivity index (χ1v) is 17.7. The molecule has 0 spiro atoms. The van der Waals surface area contributed by atoms with Crippen molar-refractivity contribution >= 4 is 54.2 Å². The van der Waals surface area contributed by atoms with Gasteiger partial charge >= 0.3 is 0 Å². The summed E-state index contributed by atoms with van der Waals surface area (Å²) in [4.78, 5) is 16.3. The molecule has 2 aliphatic rings. The Morgan fingerprint density at radius 1 is 0.481 bits per heavy atom. The van der Waals surface area contributed by atoms with Gasteiger partial charge in [-0.2, -0.15) is 0 Å². The van der Waals surface area contributed by atoms with Crippen LogP contribution in [0.5, 0.6) is 17.2 Å². The lowest BCUT2D eigenvalue weighted by Gasteiger charge is -2.16. The molecule has 0 aromatic heterocycles. The van der Waals surface area contributed by atoms with Crippen molar-refractivity contribution < 1.29 is 19.7 Å². The van der Waals surface area contributed by atoms with E-state index in [1.165, 1.54) is 40.1 Å². The van der Waals surface area contributed by atoms with Crippen LogP contribution in [0.2, 0.25) is 0 Å². The number of hydrogen-bond acceptors (Lipinski definition) is 6. The number of fused-ring (bicyclic) bond motifs is 6. The molecule has 0 bridgehead atoms. The van der Waals surface area contributed by atoms with E-state index >= 15 is 0 Å². The van der Waals surface area contributed by atoms with Gasteiger partial charge in [-0.1, -0.05) is 97.1 Å². The van der Waals surface area contributed by atoms with Crippen LogP contribution in [0, 0.1) is 13.8 Å². The molecule has 3 N–H and O–H groups in total. The van der Waals surface area contributed by atoms with Crippen LogP contribution in [-0.4, -0.2) is 20.3 Å². The molecule has 54 heavy (non-hydrogen) atoms. The molecule has 0 saturated heterocycles. The third kappa shape index (κ3) is 5.35. The lowest BCUT2D eigenvalue weighted by Crippen LogP contribution is -1.99. The second-order valence-electron chi connectivity index (χ2n) is 13.6. The Balaban J connectivity index is 0.000000149. The van der Waals surface area contributed by atoms with Crippen LogP contribution in [0.15, 0.2) is 155 Å². The molecule has 1 aliphatic heterocycles. The average Bonchev–Trinajstić information content (AvgIpc) is 3.19. The third-order valence-corrected chi connectivity index (χ3v) is 10.4. The topological polar surface area (TPSA) is 104 Å². The van der Waals surface area contributed by atoms with Crippen molar-refractivity contribution in [1.29, 1.82) is 0 Å². The molecule has 0 radical (unpaired) electrons. The second-order valence-corrected chi connectivity index (χ2v) is 13.6. The SMILES string of the molecule is Cc1c2ccccc2c(-c2cc3nc4ccc(=O)cc-4oc3cc2O)c2ccccc12.Cc1c2ccccc2c(-c2ccc(O)cc2O)c2ccccc12. The minimum atomic E-state index is -0.143. The molecule has 8 aromatic carbocycles. The fourth-order valence-electron chi connectivity index (χ4n) is 7.85. The molecule has 8 aromatic rings. The number of aromatic nitrogens is 1. The van der Waals surface area contributed by atoms with E-state index in [1.54, 1.807) is 24.3 Å². The van der Waals surface area contributed by atoms with E-state index in [-0.39, 0.29) is 22.7 Å². The van der Waals surface area contributed by atoms with Crippen molar-refractivity contribution in [3.8, 4) is 51.0 Å². The first-order valence-electron chi connectivity index (χ1n) is 17.7. The number of rotatable bonds is 2. The summed E-state index contributed by atoms with van der Waals surface area (Å²) in [5.74, 6) is 0.657. The Morgan fingerprint density at radius 2 is 0.944 bits per heavy atom. The van der Waals surface area contributed by atoms with Gasteiger partial charge in [0.1, 0.15) is 28.5 Å². The molecule has 1 heterocycles. The van der Waals surface area contributed by atoms with E-state index in [4.69, 9.17) is 4.42 Å². The minimum absolute atomic E-state index is 0.0620. The van der Waals surface area contributed by atoms with Gasteiger partial charge in [-0.05, 0) is 98.4 Å². The number of phenolic OH excluding ortho intramolecular Hbond substituents is 3. The van der Waals surface area contributed by atoms with E-state index in [1.807, 2.05) is 54.6 Å². The summed E-state index contributed by atoms with van der Waals surface area (Å²) in [7, 11) is 0.